The zero-order valence-electron chi connectivity index (χ0n) is 11.7. The average molecular weight is 248 g/mol. The summed E-state index contributed by atoms with van der Waals surface area (Å²) in [5.74, 6) is -0.0850. The predicted octanol–water partition coefficient (Wildman–Crippen LogP) is 2.63. The fourth-order valence-corrected chi connectivity index (χ4v) is 1.76. The molecule has 0 heterocycles. The summed E-state index contributed by atoms with van der Waals surface area (Å²) < 4.78 is 0. The van der Waals surface area contributed by atoms with Gasteiger partial charge in [-0.3, -0.25) is 4.79 Å². The van der Waals surface area contributed by atoms with Gasteiger partial charge in [0.25, 0.3) is 0 Å². The molecule has 0 bridgehead atoms. The van der Waals surface area contributed by atoms with E-state index in [1.165, 1.54) is 0 Å². The summed E-state index contributed by atoms with van der Waals surface area (Å²) in [6.07, 6.45) is 0.854. The fraction of sp³-hybridized carbons (Fsp3) is 0.533. The Morgan fingerprint density at radius 2 is 1.83 bits per heavy atom. The SMILES string of the molecule is CC[C@H](NC(=O)[C@H](N)C(C)(C)C)c1ccccc1. The monoisotopic (exact) mass is 248 g/mol. The highest BCUT2D eigenvalue weighted by Gasteiger charge is 2.28. The van der Waals surface area contributed by atoms with E-state index in [1.807, 2.05) is 51.1 Å². The summed E-state index contributed by atoms with van der Waals surface area (Å²) in [5.41, 5.74) is 6.86. The Kier molecular flexibility index (Phi) is 4.91. The maximum Gasteiger partial charge on any atom is 0.237 e. The molecule has 18 heavy (non-hydrogen) atoms. The Hall–Kier alpha value is -1.35. The predicted molar refractivity (Wildman–Crippen MR) is 75.0 cm³/mol. The third kappa shape index (κ3) is 3.84. The van der Waals surface area contributed by atoms with Gasteiger partial charge in [0, 0.05) is 0 Å². The van der Waals surface area contributed by atoms with Gasteiger partial charge in [-0.25, -0.2) is 0 Å². The van der Waals surface area contributed by atoms with Crippen molar-refractivity contribution < 1.29 is 4.79 Å². The van der Waals surface area contributed by atoms with E-state index in [2.05, 4.69) is 12.2 Å². The molecule has 3 nitrogen and oxygen atoms in total. The van der Waals surface area contributed by atoms with Crippen molar-refractivity contribution >= 4 is 5.91 Å². The molecule has 0 radical (unpaired) electrons. The maximum absolute atomic E-state index is 12.1. The minimum absolute atomic E-state index is 0.0344. The summed E-state index contributed by atoms with van der Waals surface area (Å²) >= 11 is 0. The van der Waals surface area contributed by atoms with E-state index in [4.69, 9.17) is 5.73 Å². The number of carbonyl (C=O) groups excluding carboxylic acids is 1. The smallest absolute Gasteiger partial charge is 0.237 e. The number of benzene rings is 1. The van der Waals surface area contributed by atoms with Gasteiger partial charge in [0.2, 0.25) is 5.91 Å². The first-order chi connectivity index (χ1) is 8.36. The molecule has 0 aliphatic heterocycles. The summed E-state index contributed by atoms with van der Waals surface area (Å²) in [4.78, 5) is 12.1. The van der Waals surface area contributed by atoms with Crippen molar-refractivity contribution in [1.29, 1.82) is 0 Å². The number of hydrogen-bond donors (Lipinski definition) is 2. The van der Waals surface area contributed by atoms with Gasteiger partial charge in [-0.2, -0.15) is 0 Å². The lowest BCUT2D eigenvalue weighted by Gasteiger charge is -2.28. The van der Waals surface area contributed by atoms with E-state index in [9.17, 15) is 4.79 Å². The van der Waals surface area contributed by atoms with Crippen molar-refractivity contribution in [2.24, 2.45) is 11.1 Å². The lowest BCUT2D eigenvalue weighted by Crippen LogP contribution is -2.49. The van der Waals surface area contributed by atoms with Crippen LogP contribution in [-0.2, 0) is 4.79 Å². The average Bonchev–Trinajstić information content (AvgIpc) is 2.34. The highest BCUT2D eigenvalue weighted by atomic mass is 16.2. The Bertz CT molecular complexity index is 381. The van der Waals surface area contributed by atoms with Crippen molar-refractivity contribution in [1.82, 2.24) is 5.32 Å². The van der Waals surface area contributed by atoms with Gasteiger partial charge in [0.1, 0.15) is 0 Å². The van der Waals surface area contributed by atoms with Crippen LogP contribution in [0.5, 0.6) is 0 Å². The van der Waals surface area contributed by atoms with E-state index >= 15 is 0 Å². The molecule has 0 unspecified atom stereocenters. The molecule has 100 valence electrons. The molecular weight excluding hydrogens is 224 g/mol. The van der Waals surface area contributed by atoms with Gasteiger partial charge in [-0.1, -0.05) is 58.0 Å². The molecule has 1 aromatic rings. The first-order valence-corrected chi connectivity index (χ1v) is 6.47. The van der Waals surface area contributed by atoms with Crippen LogP contribution in [0.3, 0.4) is 0 Å². The van der Waals surface area contributed by atoms with E-state index < -0.39 is 6.04 Å². The van der Waals surface area contributed by atoms with Gasteiger partial charge in [-0.15, -0.1) is 0 Å². The van der Waals surface area contributed by atoms with Gasteiger partial charge >= 0.3 is 0 Å². The maximum atomic E-state index is 12.1. The van der Waals surface area contributed by atoms with Crippen LogP contribution in [0.1, 0.15) is 45.7 Å². The highest BCUT2D eigenvalue weighted by molar-refractivity contribution is 5.82. The molecule has 0 saturated heterocycles. The van der Waals surface area contributed by atoms with Crippen molar-refractivity contribution in [2.45, 2.75) is 46.2 Å². The molecule has 0 saturated carbocycles. The fourth-order valence-electron chi connectivity index (χ4n) is 1.76. The Morgan fingerprint density at radius 3 is 2.28 bits per heavy atom. The molecule has 0 aliphatic rings. The quantitative estimate of drug-likeness (QED) is 0.860. The molecule has 0 spiro atoms. The standard InChI is InChI=1S/C15H24N2O/c1-5-12(11-9-7-6-8-10-11)17-14(18)13(16)15(2,3)4/h6-10,12-13H,5,16H2,1-4H3,(H,17,18)/t12-,13-/m0/s1. The highest BCUT2D eigenvalue weighted by Crippen LogP contribution is 2.20. The molecule has 1 amide bonds. The summed E-state index contributed by atoms with van der Waals surface area (Å²) in [6.45, 7) is 7.97. The lowest BCUT2D eigenvalue weighted by atomic mass is 9.86. The second-order valence-corrected chi connectivity index (χ2v) is 5.72. The van der Waals surface area contributed by atoms with E-state index in [-0.39, 0.29) is 17.4 Å². The Balaban J connectivity index is 2.73. The molecule has 1 rings (SSSR count). The van der Waals surface area contributed by atoms with Crippen LogP contribution in [0.25, 0.3) is 0 Å². The summed E-state index contributed by atoms with van der Waals surface area (Å²) in [5, 5.41) is 3.03. The van der Waals surface area contributed by atoms with Crippen molar-refractivity contribution in [2.75, 3.05) is 0 Å². The van der Waals surface area contributed by atoms with Crippen LogP contribution in [0, 0.1) is 5.41 Å². The molecule has 0 aromatic heterocycles. The molecule has 3 heteroatoms. The third-order valence-electron chi connectivity index (χ3n) is 3.14. The third-order valence-corrected chi connectivity index (χ3v) is 3.14. The van der Waals surface area contributed by atoms with Crippen LogP contribution in [0.2, 0.25) is 0 Å². The van der Waals surface area contributed by atoms with Crippen LogP contribution in [-0.4, -0.2) is 11.9 Å². The van der Waals surface area contributed by atoms with Crippen molar-refractivity contribution in [3.63, 3.8) is 0 Å². The summed E-state index contributed by atoms with van der Waals surface area (Å²) in [7, 11) is 0. The first kappa shape index (κ1) is 14.7. The molecule has 3 N–H and O–H groups in total. The first-order valence-electron chi connectivity index (χ1n) is 6.47. The number of nitrogens with two attached hydrogens (primary N) is 1. The number of rotatable bonds is 4. The molecule has 1 aromatic carbocycles. The van der Waals surface area contributed by atoms with E-state index in [0.717, 1.165) is 12.0 Å². The Labute approximate surface area is 110 Å². The zero-order valence-corrected chi connectivity index (χ0v) is 11.7. The van der Waals surface area contributed by atoms with Crippen LogP contribution in [0.15, 0.2) is 30.3 Å². The number of nitrogens with one attached hydrogen (secondary N) is 1. The van der Waals surface area contributed by atoms with E-state index in [0.29, 0.717) is 0 Å². The van der Waals surface area contributed by atoms with Gasteiger partial charge in [0.05, 0.1) is 12.1 Å². The number of amides is 1. The minimum atomic E-state index is -0.490. The van der Waals surface area contributed by atoms with Gasteiger partial charge < -0.3 is 11.1 Å². The Morgan fingerprint density at radius 1 is 1.28 bits per heavy atom. The molecule has 0 aliphatic carbocycles. The van der Waals surface area contributed by atoms with Crippen LogP contribution < -0.4 is 11.1 Å². The van der Waals surface area contributed by atoms with Crippen molar-refractivity contribution in [3.8, 4) is 0 Å². The van der Waals surface area contributed by atoms with Crippen LogP contribution in [0.4, 0.5) is 0 Å². The second kappa shape index (κ2) is 6.01. The summed E-state index contributed by atoms with van der Waals surface area (Å²) in [6, 6.07) is 9.52. The number of carbonyl (C=O) groups is 1. The van der Waals surface area contributed by atoms with Gasteiger partial charge in [-0.05, 0) is 17.4 Å². The van der Waals surface area contributed by atoms with E-state index in [1.54, 1.807) is 0 Å². The normalized spacial score (nSPS) is 14.9. The number of hydrogen-bond acceptors (Lipinski definition) is 2. The van der Waals surface area contributed by atoms with Gasteiger partial charge in [0.15, 0.2) is 0 Å². The molecule has 2 atom stereocenters. The topological polar surface area (TPSA) is 55.1 Å². The molecular formula is C15H24N2O. The van der Waals surface area contributed by atoms with Crippen LogP contribution >= 0.6 is 0 Å². The second-order valence-electron chi connectivity index (χ2n) is 5.72. The lowest BCUT2D eigenvalue weighted by molar-refractivity contribution is -0.125. The largest absolute Gasteiger partial charge is 0.348 e. The minimum Gasteiger partial charge on any atom is -0.348 e. The molecule has 0 fully saturated rings. The van der Waals surface area contributed by atoms with Crippen molar-refractivity contribution in [3.05, 3.63) is 35.9 Å². The zero-order chi connectivity index (χ0) is 13.8.